The maximum Gasteiger partial charge on any atom is 0.303 e. The first-order chi connectivity index (χ1) is 46.1. The molecule has 1 fully saturated rings. The molecular formula is C61H88N18O17. The van der Waals surface area contributed by atoms with Crippen LogP contribution in [0.1, 0.15) is 82.0 Å². The van der Waals surface area contributed by atoms with Crippen molar-refractivity contribution in [2.75, 3.05) is 72.4 Å². The number of primary amides is 1. The number of nitrogens with two attached hydrogens (primary N) is 2. The molecule has 0 radical (unpaired) electrons. The number of phenols is 1. The molecule has 2 aromatic heterocycles. The van der Waals surface area contributed by atoms with Crippen molar-refractivity contribution in [1.82, 2.24) is 67.8 Å². The fourth-order valence-electron chi connectivity index (χ4n) is 10.3. The van der Waals surface area contributed by atoms with Gasteiger partial charge in [-0.3, -0.25) is 64.0 Å². The number of fused-ring (bicyclic) bond motifs is 1. The first-order valence-electron chi connectivity index (χ1n) is 31.4. The number of carboxylic acid groups (broad SMARTS) is 1. The van der Waals surface area contributed by atoms with Crippen LogP contribution in [0, 0.1) is 5.92 Å². The minimum absolute atomic E-state index is 0.0877. The highest BCUT2D eigenvalue weighted by molar-refractivity contribution is 5.99. The molecule has 35 nitrogen and oxygen atoms in total. The van der Waals surface area contributed by atoms with Crippen molar-refractivity contribution in [2.24, 2.45) is 22.6 Å². The van der Waals surface area contributed by atoms with E-state index in [1.165, 1.54) is 41.7 Å². The van der Waals surface area contributed by atoms with Crippen LogP contribution in [-0.4, -0.2) is 221 Å². The molecule has 8 atom stereocenters. The summed E-state index contributed by atoms with van der Waals surface area (Å²) in [6.45, 7) is 3.31. The first kappa shape index (κ1) is 76.9. The Balaban J connectivity index is 1.31. The van der Waals surface area contributed by atoms with E-state index in [9.17, 15) is 68.1 Å². The number of nitrogens with zero attached hydrogens (tertiary/aromatic N) is 5. The number of aliphatic carboxylic acids is 1. The van der Waals surface area contributed by atoms with Gasteiger partial charge in [-0.05, 0) is 79.3 Å². The number of aliphatic hydroxyl groups excluding tert-OH is 1. The number of hydrogen-bond donors (Lipinski definition) is 16. The van der Waals surface area contributed by atoms with Crippen LogP contribution < -0.4 is 59.5 Å². The van der Waals surface area contributed by atoms with Gasteiger partial charge >= 0.3 is 5.97 Å². The molecule has 1 saturated heterocycles. The average Bonchev–Trinajstić information content (AvgIpc) is 1.62. The van der Waals surface area contributed by atoms with Gasteiger partial charge in [0.25, 0.3) is 0 Å². The number of nitrogens with one attached hydrogen (secondary N) is 11. The van der Waals surface area contributed by atoms with Gasteiger partial charge in [0.1, 0.15) is 54.1 Å². The van der Waals surface area contributed by atoms with Gasteiger partial charge in [-0.2, -0.15) is 0 Å². The van der Waals surface area contributed by atoms with Crippen molar-refractivity contribution in [3.63, 3.8) is 0 Å². The summed E-state index contributed by atoms with van der Waals surface area (Å²) in [4.78, 5) is 164. The smallest absolute Gasteiger partial charge is 0.303 e. The SMILES string of the molecule is CC(C)CC(NC(=O)CNC(=O)C(Cc1ccc(O)cc1)NC(=O)C(CO)NC(=O)C(Cc1c[nH]c2ccccc12)NC(=O)C(Cc1cnc[nH]1)NC(=O)C(CCC(=O)O)NC(=O)CCOCCOCCOCCN=[N+]=[N-])C(=O)NC(CCCNN)C(=O)N1CCCC1C(N)=O. The molecule has 5 rings (SSSR count). The number of phenolic OH excluding ortho intramolecular Hbond substituents is 1. The third-order valence-corrected chi connectivity index (χ3v) is 15.2. The Morgan fingerprint density at radius 3 is 1.95 bits per heavy atom. The zero-order valence-electron chi connectivity index (χ0n) is 53.6. The van der Waals surface area contributed by atoms with Crippen LogP contribution in [0.15, 0.2) is 72.4 Å². The van der Waals surface area contributed by atoms with E-state index < -0.39 is 139 Å². The van der Waals surface area contributed by atoms with Crippen LogP contribution in [-0.2, 0) is 86.2 Å². The number of carbonyl (C=O) groups is 11. The van der Waals surface area contributed by atoms with Crippen LogP contribution in [0.25, 0.3) is 21.3 Å². The Labute approximate surface area is 552 Å². The number of benzene rings is 2. The second-order valence-corrected chi connectivity index (χ2v) is 23.0. The first-order valence-corrected chi connectivity index (χ1v) is 31.4. The van der Waals surface area contributed by atoms with E-state index in [-0.39, 0.29) is 109 Å². The topological polar surface area (TPSA) is 533 Å². The molecule has 10 amide bonds. The van der Waals surface area contributed by atoms with Crippen molar-refractivity contribution in [3.05, 3.63) is 94.5 Å². The number of rotatable bonds is 45. The lowest BCUT2D eigenvalue weighted by molar-refractivity contribution is -0.141. The summed E-state index contributed by atoms with van der Waals surface area (Å²) in [5.74, 6) is -4.64. The summed E-state index contributed by atoms with van der Waals surface area (Å²) in [6, 6.07) is 1.37. The lowest BCUT2D eigenvalue weighted by atomic mass is 10.0. The highest BCUT2D eigenvalue weighted by Crippen LogP contribution is 2.22. The molecule has 1 aliphatic rings. The second-order valence-electron chi connectivity index (χ2n) is 23.0. The lowest BCUT2D eigenvalue weighted by Gasteiger charge is -2.29. The predicted molar refractivity (Wildman–Crippen MR) is 342 cm³/mol. The van der Waals surface area contributed by atoms with Gasteiger partial charge in [-0.25, -0.2) is 4.98 Å². The number of H-pyrrole nitrogens is 2. The van der Waals surface area contributed by atoms with Crippen molar-refractivity contribution in [2.45, 2.75) is 133 Å². The number of aromatic hydroxyl groups is 1. The molecule has 0 bridgehead atoms. The van der Waals surface area contributed by atoms with E-state index in [0.29, 0.717) is 47.0 Å². The molecule has 0 saturated carbocycles. The molecule has 96 heavy (non-hydrogen) atoms. The zero-order chi connectivity index (χ0) is 69.9. The minimum atomic E-state index is -1.82. The van der Waals surface area contributed by atoms with Crippen molar-refractivity contribution in [1.29, 1.82) is 0 Å². The van der Waals surface area contributed by atoms with Gasteiger partial charge < -0.3 is 92.7 Å². The van der Waals surface area contributed by atoms with Gasteiger partial charge in [0, 0.05) is 85.6 Å². The number of amides is 10. The highest BCUT2D eigenvalue weighted by Gasteiger charge is 2.38. The van der Waals surface area contributed by atoms with Crippen LogP contribution in [0.2, 0.25) is 0 Å². The van der Waals surface area contributed by atoms with Gasteiger partial charge in [0.05, 0.1) is 59.1 Å². The predicted octanol–water partition coefficient (Wildman–Crippen LogP) is -2.49. The molecule has 0 aliphatic carbocycles. The van der Waals surface area contributed by atoms with Gasteiger partial charge in [-0.15, -0.1) is 0 Å². The Kier molecular flexibility index (Phi) is 33.0. The molecule has 1 aliphatic heterocycles. The normalized spacial score (nSPS) is 14.9. The van der Waals surface area contributed by atoms with Gasteiger partial charge in [0.15, 0.2) is 0 Å². The number of para-hydroxylation sites is 1. The second kappa shape index (κ2) is 41.1. The fourth-order valence-corrected chi connectivity index (χ4v) is 10.3. The molecule has 524 valence electrons. The molecule has 3 heterocycles. The van der Waals surface area contributed by atoms with Crippen LogP contribution in [0.5, 0.6) is 5.75 Å². The largest absolute Gasteiger partial charge is 0.508 e. The standard InChI is InChI=1S/C61H88N18O17/c1-36(2)27-45(57(89)73-44(9-5-18-69-63)61(93)79-20-6-10-50(79)54(62)86)72-52(83)33-67-55(87)46(28-37-11-13-40(81)14-12-37)74-60(92)49(34-80)77-58(90)47(29-38-31-66-42-8-4-3-7-41(38)42)75-59(91)48(30-39-32-65-35-68-39)76-56(88)43(15-16-53(84)85)71-51(82)17-21-94-23-25-96-26-24-95-22-19-70-78-64/h3-4,7-8,11-14,31-32,35-36,43-50,66,69,80-81H,5-6,9-10,15-30,33-34,63H2,1-2H3,(H2,62,86)(H,65,68)(H,67,87)(H,71,82)(H,72,83)(H,73,89)(H,74,92)(H,75,91)(H,76,88)(H,77,90)(H,84,85). The van der Waals surface area contributed by atoms with E-state index in [1.807, 2.05) is 0 Å². The number of aromatic amines is 2. The number of hydrazine groups is 1. The molecule has 2 aromatic carbocycles. The molecule has 35 heteroatoms. The van der Waals surface area contributed by atoms with Crippen molar-refractivity contribution < 1.29 is 82.3 Å². The van der Waals surface area contributed by atoms with Gasteiger partial charge in [-0.1, -0.05) is 49.3 Å². The molecular weight excluding hydrogens is 1260 g/mol. The highest BCUT2D eigenvalue weighted by atomic mass is 16.5. The number of imidazole rings is 1. The Morgan fingerprint density at radius 1 is 0.708 bits per heavy atom. The molecule has 4 aromatic rings. The number of aliphatic hydroxyl groups is 1. The number of carboxylic acids is 1. The number of hydrogen-bond acceptors (Lipinski definition) is 20. The maximum atomic E-state index is 14.7. The van der Waals surface area contributed by atoms with Crippen molar-refractivity contribution >= 4 is 75.9 Å². The Hall–Kier alpha value is -9.77. The summed E-state index contributed by atoms with van der Waals surface area (Å²) < 4.78 is 16.1. The number of aromatic nitrogens is 3. The van der Waals surface area contributed by atoms with E-state index >= 15 is 0 Å². The summed E-state index contributed by atoms with van der Waals surface area (Å²) in [5.41, 5.74) is 18.3. The summed E-state index contributed by atoms with van der Waals surface area (Å²) in [5, 5.41) is 54.9. The van der Waals surface area contributed by atoms with Gasteiger partial charge in [0.2, 0.25) is 59.1 Å². The van der Waals surface area contributed by atoms with Crippen LogP contribution >= 0.6 is 0 Å². The van der Waals surface area contributed by atoms with E-state index in [1.54, 1.807) is 44.3 Å². The number of ether oxygens (including phenoxy) is 3. The lowest BCUT2D eigenvalue weighted by Crippen LogP contribution is -2.61. The quantitative estimate of drug-likeness (QED) is 0.00544. The molecule has 0 spiro atoms. The molecule has 8 unspecified atom stereocenters. The number of azide groups is 1. The number of likely N-dealkylation sites (tertiary alicyclic amines) is 1. The third kappa shape index (κ3) is 26.6. The monoisotopic (exact) mass is 1340 g/mol. The fraction of sp³-hybridized carbons (Fsp3) is 0.541. The van der Waals surface area contributed by atoms with E-state index in [0.717, 1.165) is 0 Å². The minimum Gasteiger partial charge on any atom is -0.508 e. The Morgan fingerprint density at radius 2 is 1.31 bits per heavy atom. The zero-order valence-corrected chi connectivity index (χ0v) is 53.6. The molecule has 18 N–H and O–H groups in total. The van der Waals surface area contributed by atoms with Crippen LogP contribution in [0.3, 0.4) is 0 Å². The summed E-state index contributed by atoms with van der Waals surface area (Å²) >= 11 is 0. The van der Waals surface area contributed by atoms with Crippen LogP contribution in [0.4, 0.5) is 0 Å². The van der Waals surface area contributed by atoms with E-state index in [4.69, 9.17) is 31.3 Å². The van der Waals surface area contributed by atoms with E-state index in [2.05, 4.69) is 72.9 Å². The summed E-state index contributed by atoms with van der Waals surface area (Å²) in [6.07, 6.45) is 3.64. The maximum absolute atomic E-state index is 14.7. The average molecular weight is 1350 g/mol. The summed E-state index contributed by atoms with van der Waals surface area (Å²) in [7, 11) is 0. The van der Waals surface area contributed by atoms with Crippen molar-refractivity contribution in [3.8, 4) is 5.75 Å². The Bertz CT molecular complexity index is 3250. The third-order valence-electron chi connectivity index (χ3n) is 15.2. The number of carbonyl (C=O) groups excluding carboxylic acids is 10.